The summed E-state index contributed by atoms with van der Waals surface area (Å²) in [6.07, 6.45) is 0. The molecule has 0 aliphatic rings. The van der Waals surface area contributed by atoms with Crippen molar-refractivity contribution >= 4 is 17.6 Å². The molecule has 0 unspecified atom stereocenters. The fraction of sp³-hybridized carbons (Fsp3) is 0.222. The van der Waals surface area contributed by atoms with Crippen LogP contribution in [0.3, 0.4) is 0 Å². The van der Waals surface area contributed by atoms with Gasteiger partial charge in [-0.15, -0.1) is 11.6 Å². The van der Waals surface area contributed by atoms with Crippen LogP contribution in [-0.2, 0) is 12.4 Å². The minimum absolute atomic E-state index is 0.117. The van der Waals surface area contributed by atoms with Crippen LogP contribution in [0.4, 0.5) is 0 Å². The summed E-state index contributed by atoms with van der Waals surface area (Å²) < 4.78 is 0. The topological polar surface area (TPSA) is 86.1 Å². The lowest BCUT2D eigenvalue weighted by Crippen LogP contribution is -2.01. The van der Waals surface area contributed by atoms with Gasteiger partial charge in [0.1, 0.15) is 0 Å². The molecule has 0 atom stereocenters. The van der Waals surface area contributed by atoms with Crippen LogP contribution in [0.1, 0.15) is 21.5 Å². The normalized spacial score (nSPS) is 9.40. The fourth-order valence-corrected chi connectivity index (χ4v) is 1.40. The van der Waals surface area contributed by atoms with Crippen LogP contribution >= 0.6 is 11.6 Å². The summed E-state index contributed by atoms with van der Waals surface area (Å²) in [6, 6.07) is 4.70. The van der Waals surface area contributed by atoms with Crippen LogP contribution in [-0.4, -0.2) is 11.1 Å². The van der Waals surface area contributed by atoms with Crippen molar-refractivity contribution in [2.75, 3.05) is 0 Å². The standard InChI is InChI=1S/C9H8ClN3O2/c10-4-7-3-6(5-12-13-11)1-2-8(7)9(14)15/h1-3H,4-5H2,(H,14,15). The van der Waals surface area contributed by atoms with Crippen molar-refractivity contribution in [2.24, 2.45) is 5.11 Å². The predicted octanol–water partition coefficient (Wildman–Crippen LogP) is 2.93. The van der Waals surface area contributed by atoms with Crippen molar-refractivity contribution in [2.45, 2.75) is 12.4 Å². The zero-order valence-electron chi connectivity index (χ0n) is 7.72. The quantitative estimate of drug-likeness (QED) is 0.370. The summed E-state index contributed by atoms with van der Waals surface area (Å²) in [5, 5.41) is 12.2. The van der Waals surface area contributed by atoms with E-state index in [-0.39, 0.29) is 18.0 Å². The van der Waals surface area contributed by atoms with Crippen molar-refractivity contribution in [1.82, 2.24) is 0 Å². The molecule has 0 spiro atoms. The van der Waals surface area contributed by atoms with Gasteiger partial charge in [0.25, 0.3) is 0 Å². The molecule has 0 aliphatic heterocycles. The Kier molecular flexibility index (Phi) is 3.97. The van der Waals surface area contributed by atoms with E-state index in [0.29, 0.717) is 5.56 Å². The van der Waals surface area contributed by atoms with E-state index < -0.39 is 5.97 Å². The van der Waals surface area contributed by atoms with Crippen molar-refractivity contribution in [3.63, 3.8) is 0 Å². The number of aromatic carboxylic acids is 1. The Balaban J connectivity index is 3.07. The molecule has 0 saturated heterocycles. The molecule has 0 bridgehead atoms. The van der Waals surface area contributed by atoms with E-state index in [1.54, 1.807) is 12.1 Å². The Bertz CT molecular complexity index is 427. The summed E-state index contributed by atoms with van der Waals surface area (Å²) in [5.74, 6) is -0.896. The van der Waals surface area contributed by atoms with Crippen LogP contribution in [0, 0.1) is 0 Å². The zero-order valence-corrected chi connectivity index (χ0v) is 8.48. The summed E-state index contributed by atoms with van der Waals surface area (Å²) in [4.78, 5) is 13.4. The highest BCUT2D eigenvalue weighted by molar-refractivity contribution is 6.17. The van der Waals surface area contributed by atoms with E-state index in [9.17, 15) is 4.79 Å². The zero-order chi connectivity index (χ0) is 11.3. The predicted molar refractivity (Wildman–Crippen MR) is 55.8 cm³/mol. The number of alkyl halides is 1. The third-order valence-corrected chi connectivity index (χ3v) is 2.15. The molecule has 78 valence electrons. The number of rotatable bonds is 4. The van der Waals surface area contributed by atoms with E-state index in [4.69, 9.17) is 22.2 Å². The molecule has 6 heteroatoms. The molecule has 5 nitrogen and oxygen atoms in total. The fourth-order valence-electron chi connectivity index (χ4n) is 1.18. The summed E-state index contributed by atoms with van der Waals surface area (Å²) in [5.41, 5.74) is 9.58. The van der Waals surface area contributed by atoms with Gasteiger partial charge >= 0.3 is 5.97 Å². The van der Waals surface area contributed by atoms with E-state index in [1.165, 1.54) is 6.07 Å². The average molecular weight is 226 g/mol. The first-order chi connectivity index (χ1) is 7.19. The Morgan fingerprint density at radius 2 is 2.33 bits per heavy atom. The molecule has 15 heavy (non-hydrogen) atoms. The molecule has 0 radical (unpaired) electrons. The maximum atomic E-state index is 10.8. The Morgan fingerprint density at radius 3 is 2.87 bits per heavy atom. The van der Waals surface area contributed by atoms with E-state index in [1.807, 2.05) is 0 Å². The molecule has 0 aromatic heterocycles. The Hall–Kier alpha value is -1.71. The second kappa shape index (κ2) is 5.24. The monoisotopic (exact) mass is 225 g/mol. The van der Waals surface area contributed by atoms with Crippen molar-refractivity contribution in [3.8, 4) is 0 Å². The van der Waals surface area contributed by atoms with Gasteiger partial charge in [-0.25, -0.2) is 4.79 Å². The molecular weight excluding hydrogens is 218 g/mol. The maximum Gasteiger partial charge on any atom is 0.336 e. The number of carbonyl (C=O) groups is 1. The third kappa shape index (κ3) is 2.87. The van der Waals surface area contributed by atoms with Gasteiger partial charge in [-0.2, -0.15) is 0 Å². The smallest absolute Gasteiger partial charge is 0.336 e. The summed E-state index contributed by atoms with van der Waals surface area (Å²) in [7, 11) is 0. The molecule has 1 aromatic carbocycles. The van der Waals surface area contributed by atoms with E-state index in [0.717, 1.165) is 5.56 Å². The highest BCUT2D eigenvalue weighted by Crippen LogP contribution is 2.15. The largest absolute Gasteiger partial charge is 0.478 e. The molecular formula is C9H8ClN3O2. The van der Waals surface area contributed by atoms with Crippen LogP contribution in [0.2, 0.25) is 0 Å². The molecule has 0 fully saturated rings. The van der Waals surface area contributed by atoms with Gasteiger partial charge in [0.05, 0.1) is 12.1 Å². The third-order valence-electron chi connectivity index (χ3n) is 1.86. The Labute approximate surface area is 90.9 Å². The van der Waals surface area contributed by atoms with Gasteiger partial charge in [0, 0.05) is 10.8 Å². The summed E-state index contributed by atoms with van der Waals surface area (Å²) in [6.45, 7) is 0.195. The number of hydrogen-bond acceptors (Lipinski definition) is 2. The van der Waals surface area contributed by atoms with Gasteiger partial charge < -0.3 is 5.11 Å². The first kappa shape index (κ1) is 11.4. The number of benzene rings is 1. The minimum atomic E-state index is -1.01. The van der Waals surface area contributed by atoms with Crippen molar-refractivity contribution in [3.05, 3.63) is 45.3 Å². The number of carboxylic acids is 1. The van der Waals surface area contributed by atoms with Crippen LogP contribution in [0.15, 0.2) is 23.3 Å². The first-order valence-corrected chi connectivity index (χ1v) is 4.64. The SMILES string of the molecule is [N-]=[N+]=NCc1ccc(C(=O)O)c(CCl)c1. The minimum Gasteiger partial charge on any atom is -0.478 e. The number of carboxylic acid groups (broad SMARTS) is 1. The van der Waals surface area contributed by atoms with Crippen LogP contribution in [0.5, 0.6) is 0 Å². The average Bonchev–Trinajstić information content (AvgIpc) is 2.25. The van der Waals surface area contributed by atoms with Gasteiger partial charge in [-0.1, -0.05) is 17.2 Å². The second-order valence-corrected chi connectivity index (χ2v) is 3.09. The molecule has 1 N–H and O–H groups in total. The number of hydrogen-bond donors (Lipinski definition) is 1. The van der Waals surface area contributed by atoms with Gasteiger partial charge in [-0.05, 0) is 22.7 Å². The molecule has 0 aliphatic carbocycles. The first-order valence-electron chi connectivity index (χ1n) is 4.11. The lowest BCUT2D eigenvalue weighted by atomic mass is 10.1. The molecule has 0 amide bonds. The molecule has 1 rings (SSSR count). The molecule has 0 heterocycles. The molecule has 1 aromatic rings. The van der Waals surface area contributed by atoms with Gasteiger partial charge in [0.15, 0.2) is 0 Å². The molecule has 0 saturated carbocycles. The summed E-state index contributed by atoms with van der Waals surface area (Å²) >= 11 is 5.62. The number of nitrogens with zero attached hydrogens (tertiary/aromatic N) is 3. The lowest BCUT2D eigenvalue weighted by Gasteiger charge is -2.04. The highest BCUT2D eigenvalue weighted by atomic mass is 35.5. The van der Waals surface area contributed by atoms with E-state index >= 15 is 0 Å². The van der Waals surface area contributed by atoms with E-state index in [2.05, 4.69) is 10.0 Å². The van der Waals surface area contributed by atoms with Crippen molar-refractivity contribution in [1.29, 1.82) is 0 Å². The second-order valence-electron chi connectivity index (χ2n) is 2.82. The van der Waals surface area contributed by atoms with Crippen molar-refractivity contribution < 1.29 is 9.90 Å². The number of halogens is 1. The van der Waals surface area contributed by atoms with Gasteiger partial charge in [0.2, 0.25) is 0 Å². The number of azide groups is 1. The maximum absolute atomic E-state index is 10.8. The van der Waals surface area contributed by atoms with Crippen LogP contribution in [0.25, 0.3) is 10.4 Å². The lowest BCUT2D eigenvalue weighted by molar-refractivity contribution is 0.0696. The highest BCUT2D eigenvalue weighted by Gasteiger charge is 2.09. The van der Waals surface area contributed by atoms with Gasteiger partial charge in [-0.3, -0.25) is 0 Å². The Morgan fingerprint density at radius 1 is 1.60 bits per heavy atom. The van der Waals surface area contributed by atoms with Crippen LogP contribution < -0.4 is 0 Å².